The van der Waals surface area contributed by atoms with Gasteiger partial charge in [-0.15, -0.1) is 16.8 Å². The first kappa shape index (κ1) is 20.2. The van der Waals surface area contributed by atoms with Gasteiger partial charge >= 0.3 is 0 Å². The standard InChI is InChI=1S/C23H24N4O2S/c1-3-14-27-22(17-6-7-17)25-26-23(27)30-15-21(28)24-18-8-12-20(13-9-18)29-19-10-4-16(2)5-11-19/h3-5,8-13,17H,1,6-7,14-15H2,2H3,(H,24,28). The van der Waals surface area contributed by atoms with Crippen LogP contribution in [0.2, 0.25) is 0 Å². The molecule has 2 aromatic carbocycles. The predicted octanol–water partition coefficient (Wildman–Crippen LogP) is 5.17. The predicted molar refractivity (Wildman–Crippen MR) is 119 cm³/mol. The van der Waals surface area contributed by atoms with E-state index in [1.165, 1.54) is 17.3 Å². The van der Waals surface area contributed by atoms with Crippen molar-refractivity contribution < 1.29 is 9.53 Å². The first-order valence-corrected chi connectivity index (χ1v) is 10.9. The summed E-state index contributed by atoms with van der Waals surface area (Å²) in [6.45, 7) is 6.51. The van der Waals surface area contributed by atoms with Crippen molar-refractivity contribution in [2.75, 3.05) is 11.1 Å². The molecule has 0 aliphatic heterocycles. The number of hydrogen-bond acceptors (Lipinski definition) is 5. The van der Waals surface area contributed by atoms with Gasteiger partial charge in [-0.2, -0.15) is 0 Å². The second-order valence-electron chi connectivity index (χ2n) is 7.29. The van der Waals surface area contributed by atoms with Gasteiger partial charge in [0.1, 0.15) is 17.3 Å². The van der Waals surface area contributed by atoms with Gasteiger partial charge in [-0.25, -0.2) is 0 Å². The minimum Gasteiger partial charge on any atom is -0.457 e. The molecule has 154 valence electrons. The number of aromatic nitrogens is 3. The number of thioether (sulfide) groups is 1. The Hall–Kier alpha value is -3.06. The molecule has 6 nitrogen and oxygen atoms in total. The number of nitrogens with one attached hydrogen (secondary N) is 1. The van der Waals surface area contributed by atoms with Gasteiger partial charge in [-0.1, -0.05) is 35.5 Å². The quantitative estimate of drug-likeness (QED) is 0.382. The summed E-state index contributed by atoms with van der Waals surface area (Å²) in [5, 5.41) is 12.2. The molecule has 0 saturated heterocycles. The number of amides is 1. The molecule has 1 fully saturated rings. The molecule has 0 unspecified atom stereocenters. The number of nitrogens with zero attached hydrogens (tertiary/aromatic N) is 3. The maximum absolute atomic E-state index is 12.4. The third-order valence-electron chi connectivity index (χ3n) is 4.73. The molecule has 1 aliphatic rings. The second-order valence-corrected chi connectivity index (χ2v) is 8.23. The Morgan fingerprint density at radius 2 is 1.83 bits per heavy atom. The number of benzene rings is 2. The third kappa shape index (κ3) is 5.10. The summed E-state index contributed by atoms with van der Waals surface area (Å²) < 4.78 is 7.87. The van der Waals surface area contributed by atoms with Gasteiger partial charge in [0.2, 0.25) is 5.91 Å². The van der Waals surface area contributed by atoms with Crippen LogP contribution < -0.4 is 10.1 Å². The van der Waals surface area contributed by atoms with E-state index in [1.807, 2.05) is 61.5 Å². The Balaban J connectivity index is 1.31. The zero-order valence-electron chi connectivity index (χ0n) is 16.9. The summed E-state index contributed by atoms with van der Waals surface area (Å²) in [6.07, 6.45) is 4.15. The molecule has 7 heteroatoms. The van der Waals surface area contributed by atoms with E-state index in [-0.39, 0.29) is 11.7 Å². The maximum Gasteiger partial charge on any atom is 0.234 e. The molecule has 0 atom stereocenters. The first-order valence-electron chi connectivity index (χ1n) is 9.93. The van der Waals surface area contributed by atoms with Crippen LogP contribution in [0.25, 0.3) is 0 Å². The summed E-state index contributed by atoms with van der Waals surface area (Å²) in [4.78, 5) is 12.4. The third-order valence-corrected chi connectivity index (χ3v) is 5.69. The van der Waals surface area contributed by atoms with E-state index < -0.39 is 0 Å². The summed E-state index contributed by atoms with van der Waals surface area (Å²) in [7, 11) is 0. The highest BCUT2D eigenvalue weighted by molar-refractivity contribution is 7.99. The number of carbonyl (C=O) groups is 1. The Labute approximate surface area is 180 Å². The van der Waals surface area contributed by atoms with Crippen molar-refractivity contribution in [1.29, 1.82) is 0 Å². The lowest BCUT2D eigenvalue weighted by Gasteiger charge is -2.09. The molecule has 4 rings (SSSR count). The fraction of sp³-hybridized carbons (Fsp3) is 0.261. The average Bonchev–Trinajstić information content (AvgIpc) is 3.51. The monoisotopic (exact) mass is 420 g/mol. The summed E-state index contributed by atoms with van der Waals surface area (Å²) >= 11 is 1.39. The van der Waals surface area contributed by atoms with E-state index in [1.54, 1.807) is 0 Å². The molecule has 3 aromatic rings. The first-order chi connectivity index (χ1) is 14.6. The van der Waals surface area contributed by atoms with Crippen LogP contribution in [0, 0.1) is 6.92 Å². The minimum absolute atomic E-state index is 0.0895. The van der Waals surface area contributed by atoms with Gasteiger partial charge in [0, 0.05) is 18.2 Å². The smallest absolute Gasteiger partial charge is 0.234 e. The topological polar surface area (TPSA) is 69.0 Å². The summed E-state index contributed by atoms with van der Waals surface area (Å²) in [5.74, 6) is 3.18. The van der Waals surface area contributed by atoms with Crippen molar-refractivity contribution in [2.24, 2.45) is 0 Å². The van der Waals surface area contributed by atoms with Gasteiger partial charge < -0.3 is 14.6 Å². The zero-order chi connectivity index (χ0) is 20.9. The van der Waals surface area contributed by atoms with Crippen LogP contribution in [0.15, 0.2) is 66.3 Å². The van der Waals surface area contributed by atoms with Gasteiger partial charge in [-0.05, 0) is 56.2 Å². The highest BCUT2D eigenvalue weighted by Gasteiger charge is 2.30. The fourth-order valence-corrected chi connectivity index (χ4v) is 3.78. The molecule has 1 saturated carbocycles. The van der Waals surface area contributed by atoms with Crippen LogP contribution in [-0.2, 0) is 11.3 Å². The highest BCUT2D eigenvalue weighted by atomic mass is 32.2. The van der Waals surface area contributed by atoms with Crippen LogP contribution in [0.3, 0.4) is 0 Å². The molecule has 1 aliphatic carbocycles. The van der Waals surface area contributed by atoms with Crippen molar-refractivity contribution in [1.82, 2.24) is 14.8 Å². The Bertz CT molecular complexity index is 1020. The summed E-state index contributed by atoms with van der Waals surface area (Å²) in [6, 6.07) is 15.2. The number of ether oxygens (including phenoxy) is 1. The maximum atomic E-state index is 12.4. The Morgan fingerprint density at radius 3 is 2.47 bits per heavy atom. The number of rotatable bonds is 9. The molecular formula is C23H24N4O2S. The second kappa shape index (κ2) is 9.17. The minimum atomic E-state index is -0.0895. The van der Waals surface area contributed by atoms with Gasteiger partial charge in [-0.3, -0.25) is 4.79 Å². The van der Waals surface area contributed by atoms with E-state index >= 15 is 0 Å². The molecule has 30 heavy (non-hydrogen) atoms. The van der Waals surface area contributed by atoms with Crippen LogP contribution >= 0.6 is 11.8 Å². The van der Waals surface area contributed by atoms with E-state index in [2.05, 4.69) is 26.7 Å². The molecule has 1 heterocycles. The molecule has 0 bridgehead atoms. The highest BCUT2D eigenvalue weighted by Crippen LogP contribution is 2.40. The number of anilines is 1. The van der Waals surface area contributed by atoms with Crippen molar-refractivity contribution in [2.45, 2.75) is 37.4 Å². The SMILES string of the molecule is C=CCn1c(SCC(=O)Nc2ccc(Oc3ccc(C)cc3)cc2)nnc1C1CC1. The van der Waals surface area contributed by atoms with E-state index in [9.17, 15) is 4.79 Å². The van der Waals surface area contributed by atoms with E-state index in [4.69, 9.17) is 4.74 Å². The lowest BCUT2D eigenvalue weighted by Crippen LogP contribution is -2.14. The molecule has 1 N–H and O–H groups in total. The lowest BCUT2D eigenvalue weighted by molar-refractivity contribution is -0.113. The van der Waals surface area contributed by atoms with Crippen LogP contribution in [-0.4, -0.2) is 26.4 Å². The number of hydrogen-bond donors (Lipinski definition) is 1. The molecule has 1 aromatic heterocycles. The van der Waals surface area contributed by atoms with Crippen LogP contribution in [0.5, 0.6) is 11.5 Å². The van der Waals surface area contributed by atoms with Crippen molar-refractivity contribution in [3.05, 3.63) is 72.6 Å². The normalized spacial score (nSPS) is 13.1. The van der Waals surface area contributed by atoms with Crippen molar-refractivity contribution in [3.63, 3.8) is 0 Å². The average molecular weight is 421 g/mol. The molecule has 0 spiro atoms. The molecular weight excluding hydrogens is 396 g/mol. The summed E-state index contributed by atoms with van der Waals surface area (Å²) in [5.41, 5.74) is 1.91. The Kier molecular flexibility index (Phi) is 6.18. The van der Waals surface area contributed by atoms with Crippen molar-refractivity contribution in [3.8, 4) is 11.5 Å². The van der Waals surface area contributed by atoms with E-state index in [0.29, 0.717) is 12.5 Å². The Morgan fingerprint density at radius 1 is 1.17 bits per heavy atom. The van der Waals surface area contributed by atoms with E-state index in [0.717, 1.165) is 41.0 Å². The largest absolute Gasteiger partial charge is 0.457 e. The number of allylic oxidation sites excluding steroid dienone is 1. The number of carbonyl (C=O) groups excluding carboxylic acids is 1. The van der Waals surface area contributed by atoms with Gasteiger partial charge in [0.15, 0.2) is 5.16 Å². The number of aryl methyl sites for hydroxylation is 1. The van der Waals surface area contributed by atoms with Gasteiger partial charge in [0.25, 0.3) is 0 Å². The van der Waals surface area contributed by atoms with Crippen molar-refractivity contribution >= 4 is 23.4 Å². The van der Waals surface area contributed by atoms with Gasteiger partial charge in [0.05, 0.1) is 5.75 Å². The molecule has 0 radical (unpaired) electrons. The van der Waals surface area contributed by atoms with Crippen LogP contribution in [0.4, 0.5) is 5.69 Å². The lowest BCUT2D eigenvalue weighted by atomic mass is 10.2. The zero-order valence-corrected chi connectivity index (χ0v) is 17.7. The van der Waals surface area contributed by atoms with Crippen LogP contribution in [0.1, 0.15) is 30.1 Å². The molecule has 1 amide bonds. The fourth-order valence-electron chi connectivity index (χ4n) is 3.03.